The number of primary sulfonamides is 1. The highest BCUT2D eigenvalue weighted by atomic mass is 32.2. The van der Waals surface area contributed by atoms with Gasteiger partial charge in [0.05, 0.1) is 0 Å². The summed E-state index contributed by atoms with van der Waals surface area (Å²) in [5.41, 5.74) is 2.71. The Balaban J connectivity index is 0.000000501. The summed E-state index contributed by atoms with van der Waals surface area (Å²) < 4.78 is 26.3. The summed E-state index contributed by atoms with van der Waals surface area (Å²) in [5, 5.41) is 21.8. The van der Waals surface area contributed by atoms with Crippen molar-refractivity contribution in [3.63, 3.8) is 0 Å². The van der Waals surface area contributed by atoms with Gasteiger partial charge in [0.25, 0.3) is 0 Å². The van der Waals surface area contributed by atoms with Crippen molar-refractivity contribution in [2.75, 3.05) is 0 Å². The van der Waals surface area contributed by atoms with Crippen molar-refractivity contribution in [3.8, 4) is 11.1 Å². The predicted molar refractivity (Wildman–Crippen MR) is 112 cm³/mol. The van der Waals surface area contributed by atoms with Gasteiger partial charge < -0.3 is 15.0 Å². The molecule has 31 heavy (non-hydrogen) atoms. The number of nitrogens with zero attached hydrogens (tertiary/aromatic N) is 1. The molecule has 0 amide bonds. The lowest BCUT2D eigenvalue weighted by atomic mass is 10.0. The van der Waals surface area contributed by atoms with Crippen molar-refractivity contribution in [3.05, 3.63) is 59.5 Å². The molecule has 9 nitrogen and oxygen atoms in total. The van der Waals surface area contributed by atoms with E-state index in [-0.39, 0.29) is 4.21 Å². The van der Waals surface area contributed by atoms with Crippen LogP contribution in [0.4, 0.5) is 0 Å². The summed E-state index contributed by atoms with van der Waals surface area (Å²) in [4.78, 5) is 22.1. The van der Waals surface area contributed by atoms with Crippen molar-refractivity contribution >= 4 is 33.3 Å². The van der Waals surface area contributed by atoms with E-state index in [1.54, 1.807) is 0 Å². The summed E-state index contributed by atoms with van der Waals surface area (Å²) in [7, 11) is -3.74. The number of benzene rings is 1. The number of carbonyl (C=O) groups excluding carboxylic acids is 1. The van der Waals surface area contributed by atoms with Crippen LogP contribution in [-0.2, 0) is 32.6 Å². The lowest BCUT2D eigenvalue weighted by molar-refractivity contribution is -0.687. The molecular formula is C20H23N3O6S2. The van der Waals surface area contributed by atoms with E-state index in [1.165, 1.54) is 11.3 Å². The summed E-state index contributed by atoms with van der Waals surface area (Å²) in [5.74, 6) is -3.55. The number of H-pyrrole nitrogens is 1. The molecule has 2 heterocycles. The summed E-state index contributed by atoms with van der Waals surface area (Å²) >= 11 is 1.28. The minimum absolute atomic E-state index is 0.246. The number of rotatable bonds is 6. The van der Waals surface area contributed by atoms with Gasteiger partial charge in [-0.3, -0.25) is 4.98 Å². The van der Waals surface area contributed by atoms with Gasteiger partial charge in [0.2, 0.25) is 16.4 Å². The summed E-state index contributed by atoms with van der Waals surface area (Å²) in [6.45, 7) is 4.99. The lowest BCUT2D eigenvalue weighted by Crippen LogP contribution is -2.30. The molecule has 0 aliphatic heterocycles. The molecular weight excluding hydrogens is 442 g/mol. The Morgan fingerprint density at radius 3 is 2.32 bits per heavy atom. The first-order valence-corrected chi connectivity index (χ1v) is 11.5. The Bertz CT molecular complexity index is 1120. The molecule has 0 radical (unpaired) electrons. The third-order valence-electron chi connectivity index (χ3n) is 4.02. The first kappa shape index (κ1) is 24.3. The second kappa shape index (κ2) is 10.3. The van der Waals surface area contributed by atoms with E-state index in [2.05, 4.69) is 18.8 Å². The highest BCUT2D eigenvalue weighted by molar-refractivity contribution is 7.91. The number of carbonyl (C=O) groups is 2. The maximum atomic E-state index is 12.0. The standard InChI is InChI=1S/C18H21N3O2S2.C2H2O4/c1-13(2)9-16-10-17(18(24-16)25(19,22)23)15-5-3-14(4-6-15)11-21-8-7-20-12-21;3-1(4)2(5)6/h3-8,10,12-13H,9,11H2,1-2H3,(H2,19,22,23);(H,3,4)(H,5,6). The fourth-order valence-electron chi connectivity index (χ4n) is 2.76. The molecule has 0 aliphatic rings. The van der Waals surface area contributed by atoms with Crippen LogP contribution in [0.2, 0.25) is 0 Å². The molecule has 166 valence electrons. The third kappa shape index (κ3) is 7.31. The molecule has 4 N–H and O–H groups in total. The van der Waals surface area contributed by atoms with Crippen LogP contribution in [0.25, 0.3) is 11.1 Å². The molecule has 0 saturated carbocycles. The van der Waals surface area contributed by atoms with Gasteiger partial charge in [-0.2, -0.15) is 0 Å². The number of hydrogen-bond donors (Lipinski definition) is 3. The van der Waals surface area contributed by atoms with E-state index >= 15 is 0 Å². The molecule has 3 rings (SSSR count). The van der Waals surface area contributed by atoms with Crippen LogP contribution in [0.3, 0.4) is 0 Å². The number of aromatic nitrogens is 2. The van der Waals surface area contributed by atoms with Crippen LogP contribution in [0, 0.1) is 5.92 Å². The van der Waals surface area contributed by atoms with Crippen molar-refractivity contribution in [1.29, 1.82) is 0 Å². The van der Waals surface area contributed by atoms with Crippen molar-refractivity contribution in [2.24, 2.45) is 11.1 Å². The zero-order valence-electron chi connectivity index (χ0n) is 16.9. The Morgan fingerprint density at radius 1 is 1.26 bits per heavy atom. The van der Waals surface area contributed by atoms with Crippen molar-refractivity contribution < 1.29 is 32.8 Å². The topological polar surface area (TPSA) is 157 Å². The molecule has 11 heteroatoms. The van der Waals surface area contributed by atoms with Crippen LogP contribution in [0.1, 0.15) is 24.3 Å². The van der Waals surface area contributed by atoms with Gasteiger partial charge in [-0.05, 0) is 29.5 Å². The minimum atomic E-state index is -3.74. The largest absolute Gasteiger partial charge is 0.539 e. The molecule has 1 aromatic carbocycles. The second-order valence-electron chi connectivity index (χ2n) is 7.13. The van der Waals surface area contributed by atoms with Crippen LogP contribution >= 0.6 is 11.3 Å². The van der Waals surface area contributed by atoms with Crippen LogP contribution in [0.5, 0.6) is 0 Å². The highest BCUT2D eigenvalue weighted by Gasteiger charge is 2.20. The first-order chi connectivity index (χ1) is 14.5. The van der Waals surface area contributed by atoms with Gasteiger partial charge in [0.15, 0.2) is 5.97 Å². The molecule has 0 spiro atoms. The summed E-state index contributed by atoms with van der Waals surface area (Å²) in [6.07, 6.45) is 6.57. The minimum Gasteiger partial charge on any atom is -0.539 e. The molecule has 3 aromatic rings. The second-order valence-corrected chi connectivity index (χ2v) is 10.0. The number of carboxylic acid groups (broad SMARTS) is 2. The van der Waals surface area contributed by atoms with E-state index in [0.29, 0.717) is 11.5 Å². The molecule has 0 saturated heterocycles. The highest BCUT2D eigenvalue weighted by Crippen LogP contribution is 2.35. The van der Waals surface area contributed by atoms with E-state index in [9.17, 15) is 8.42 Å². The number of aromatic amines is 1. The Morgan fingerprint density at radius 2 is 1.87 bits per heavy atom. The van der Waals surface area contributed by atoms with E-state index < -0.39 is 22.0 Å². The Hall–Kier alpha value is -3.02. The van der Waals surface area contributed by atoms with E-state index in [0.717, 1.165) is 29.0 Å². The van der Waals surface area contributed by atoms with Crippen LogP contribution < -0.4 is 14.8 Å². The van der Waals surface area contributed by atoms with Crippen LogP contribution in [-0.4, -0.2) is 30.4 Å². The van der Waals surface area contributed by atoms with Crippen molar-refractivity contribution in [2.45, 2.75) is 31.0 Å². The van der Waals surface area contributed by atoms with E-state index in [1.807, 2.05) is 53.6 Å². The fraction of sp³-hybridized carbons (Fsp3) is 0.250. The average molecular weight is 466 g/mol. The number of imidazole rings is 1. The number of thiophene rings is 1. The van der Waals surface area contributed by atoms with Gasteiger partial charge in [-0.15, -0.1) is 11.3 Å². The Kier molecular flexibility index (Phi) is 8.08. The number of carboxylic acids is 2. The normalized spacial score (nSPS) is 11.1. The van der Waals surface area contributed by atoms with Gasteiger partial charge in [0, 0.05) is 10.4 Å². The maximum absolute atomic E-state index is 12.0. The number of hydrogen-bond acceptors (Lipinski definition) is 6. The molecule has 0 aliphatic carbocycles. The number of nitrogens with two attached hydrogens (primary N) is 1. The van der Waals surface area contributed by atoms with Gasteiger partial charge >= 0.3 is 5.97 Å². The van der Waals surface area contributed by atoms with E-state index in [4.69, 9.17) is 24.9 Å². The predicted octanol–water partition coefficient (Wildman–Crippen LogP) is 0.746. The number of sulfonamides is 1. The monoisotopic (exact) mass is 465 g/mol. The summed E-state index contributed by atoms with van der Waals surface area (Å²) in [6, 6.07) is 9.90. The van der Waals surface area contributed by atoms with Crippen LogP contribution in [0.15, 0.2) is 53.3 Å². The first-order valence-electron chi connectivity index (χ1n) is 9.18. The molecule has 0 bridgehead atoms. The van der Waals surface area contributed by atoms with Gasteiger partial charge in [-0.25, -0.2) is 22.9 Å². The lowest BCUT2D eigenvalue weighted by Gasteiger charge is -2.04. The molecule has 0 unspecified atom stereocenters. The zero-order valence-corrected chi connectivity index (χ0v) is 18.6. The van der Waals surface area contributed by atoms with Gasteiger partial charge in [0.1, 0.15) is 23.1 Å². The quantitative estimate of drug-likeness (QED) is 0.360. The average Bonchev–Trinajstić information content (AvgIpc) is 3.32. The number of nitrogens with one attached hydrogen (secondary N) is 1. The SMILES string of the molecule is CC(C)Cc1cc(-c2ccc(C[n+]3cc[nH]c3)cc2)c(S(N)(=O)=O)s1.O=C([O-])C(=O)O. The zero-order chi connectivity index (χ0) is 23.2. The third-order valence-corrected chi connectivity index (χ3v) is 6.66. The van der Waals surface area contributed by atoms with Crippen molar-refractivity contribution in [1.82, 2.24) is 4.98 Å². The smallest absolute Gasteiger partial charge is 0.351 e. The maximum Gasteiger partial charge on any atom is 0.351 e. The number of aliphatic carboxylic acids is 2. The fourth-order valence-corrected chi connectivity index (χ4v) is 5.15. The Labute approximate surface area is 183 Å². The molecule has 2 aromatic heterocycles. The van der Waals surface area contributed by atoms with Gasteiger partial charge in [-0.1, -0.05) is 38.1 Å². The molecule has 0 atom stereocenters. The molecule has 0 fully saturated rings.